The second-order valence-electron chi connectivity index (χ2n) is 13.0. The summed E-state index contributed by atoms with van der Waals surface area (Å²) in [6.07, 6.45) is -4.46. The largest absolute Gasteiger partial charge is 0.435 e. The number of rotatable bonds is 5. The summed E-state index contributed by atoms with van der Waals surface area (Å²) in [6.45, 7) is 0. The summed E-state index contributed by atoms with van der Waals surface area (Å²) in [5.41, 5.74) is 6.46. The maximum Gasteiger partial charge on any atom is 0.416 e. The maximum atomic E-state index is 13.4. The molecule has 0 saturated carbocycles. The van der Waals surface area contributed by atoms with Gasteiger partial charge in [-0.25, -0.2) is 19.9 Å². The third-order valence-corrected chi connectivity index (χ3v) is 9.69. The number of hydrogen-bond acceptors (Lipinski definition) is 5. The molecule has 0 fully saturated rings. The van der Waals surface area contributed by atoms with Gasteiger partial charge in [-0.15, -0.1) is 0 Å². The Hall–Kier alpha value is -7.13. The number of hydrogen-bond donors (Lipinski definition) is 0. The third-order valence-electron chi connectivity index (χ3n) is 9.69. The molecule has 0 unspecified atom stereocenters. The van der Waals surface area contributed by atoms with E-state index in [4.69, 9.17) is 19.4 Å². The van der Waals surface area contributed by atoms with E-state index in [1.165, 1.54) is 12.1 Å². The van der Waals surface area contributed by atoms with Gasteiger partial charge in [-0.1, -0.05) is 103 Å². The van der Waals surface area contributed by atoms with Gasteiger partial charge in [0.25, 0.3) is 0 Å². The molecule has 0 N–H and O–H groups in total. The zero-order valence-corrected chi connectivity index (χ0v) is 28.3. The zero-order chi connectivity index (χ0) is 36.4. The van der Waals surface area contributed by atoms with Crippen molar-refractivity contribution in [1.82, 2.24) is 24.5 Å². The van der Waals surface area contributed by atoms with E-state index in [0.29, 0.717) is 39.8 Å². The van der Waals surface area contributed by atoms with Crippen molar-refractivity contribution >= 4 is 43.7 Å². The summed E-state index contributed by atoms with van der Waals surface area (Å²) < 4.78 is 49.0. The van der Waals surface area contributed by atoms with E-state index in [0.717, 1.165) is 61.5 Å². The minimum absolute atomic E-state index is 0.255. The predicted molar refractivity (Wildman–Crippen MR) is 206 cm³/mol. The van der Waals surface area contributed by atoms with Gasteiger partial charge in [-0.3, -0.25) is 0 Å². The maximum absolute atomic E-state index is 13.4. The average molecular weight is 710 g/mol. The van der Waals surface area contributed by atoms with Crippen LogP contribution < -0.4 is 0 Å². The van der Waals surface area contributed by atoms with Crippen LogP contribution in [0.4, 0.5) is 13.2 Å². The number of aromatic nitrogens is 5. The molecule has 258 valence electrons. The van der Waals surface area contributed by atoms with E-state index in [-0.39, 0.29) is 5.82 Å². The Morgan fingerprint density at radius 3 is 1.83 bits per heavy atom. The minimum Gasteiger partial charge on any atom is -0.435 e. The lowest BCUT2D eigenvalue weighted by Gasteiger charge is -2.10. The molecule has 0 spiro atoms. The first-order chi connectivity index (χ1) is 26.4. The van der Waals surface area contributed by atoms with Crippen LogP contribution >= 0.6 is 0 Å². The molecule has 0 aliphatic rings. The minimum atomic E-state index is -4.46. The molecule has 3 aromatic heterocycles. The summed E-state index contributed by atoms with van der Waals surface area (Å²) >= 11 is 0. The van der Waals surface area contributed by atoms with Crippen molar-refractivity contribution in [3.63, 3.8) is 0 Å². The molecule has 0 amide bonds. The highest BCUT2D eigenvalue weighted by Gasteiger charge is 2.30. The zero-order valence-electron chi connectivity index (χ0n) is 28.3. The fourth-order valence-corrected chi connectivity index (χ4v) is 7.18. The number of fused-ring (bicyclic) bond motifs is 7. The second-order valence-corrected chi connectivity index (χ2v) is 13.0. The van der Waals surface area contributed by atoms with Crippen LogP contribution in [0.3, 0.4) is 0 Å². The van der Waals surface area contributed by atoms with Gasteiger partial charge in [0, 0.05) is 44.1 Å². The summed E-state index contributed by atoms with van der Waals surface area (Å²) in [5.74, 6) is 1.44. The number of nitrogens with zero attached hydrogens (tertiary/aromatic N) is 5. The molecule has 7 aromatic carbocycles. The molecule has 54 heavy (non-hydrogen) atoms. The first kappa shape index (κ1) is 31.6. The standard InChI is InChI=1S/C45H26F3N5O/c46-45(47,48)32-22-18-29(19-23-32)42-50-41(28-10-3-1-4-11-28)51-43(52-42)30-12-9-13-31(26-30)44-49-35-24-20-27-21-25-37-39(38(27)40(35)54-44)34-16-7-8-17-36(34)53(37)33-14-5-2-6-15-33/h1-26H. The molecule has 9 heteroatoms. The third kappa shape index (κ3) is 5.28. The Kier molecular flexibility index (Phi) is 7.16. The Morgan fingerprint density at radius 2 is 1.09 bits per heavy atom. The first-order valence-electron chi connectivity index (χ1n) is 17.3. The van der Waals surface area contributed by atoms with Crippen molar-refractivity contribution in [1.29, 1.82) is 0 Å². The fraction of sp³-hybridized carbons (Fsp3) is 0.0222. The summed E-state index contributed by atoms with van der Waals surface area (Å²) in [6, 6.07) is 48.9. The van der Waals surface area contributed by atoms with Crippen molar-refractivity contribution < 1.29 is 17.6 Å². The molecule has 0 aliphatic carbocycles. The van der Waals surface area contributed by atoms with Gasteiger partial charge in [0.15, 0.2) is 23.1 Å². The lowest BCUT2D eigenvalue weighted by Crippen LogP contribution is -2.05. The van der Waals surface area contributed by atoms with Crippen molar-refractivity contribution in [2.24, 2.45) is 0 Å². The van der Waals surface area contributed by atoms with Gasteiger partial charge in [0.2, 0.25) is 5.89 Å². The highest BCUT2D eigenvalue weighted by Crippen LogP contribution is 2.41. The number of alkyl halides is 3. The molecule has 10 aromatic rings. The average Bonchev–Trinajstić information content (AvgIpc) is 3.81. The van der Waals surface area contributed by atoms with Crippen molar-refractivity contribution in [2.75, 3.05) is 0 Å². The van der Waals surface area contributed by atoms with Gasteiger partial charge in [-0.05, 0) is 60.0 Å². The second kappa shape index (κ2) is 12.2. The molecule has 3 heterocycles. The molecule has 0 radical (unpaired) electrons. The van der Waals surface area contributed by atoms with Gasteiger partial charge in [-0.2, -0.15) is 13.2 Å². The normalized spacial score (nSPS) is 12.0. The van der Waals surface area contributed by atoms with E-state index in [1.807, 2.05) is 78.9 Å². The van der Waals surface area contributed by atoms with Gasteiger partial charge < -0.3 is 8.98 Å². The molecular weight excluding hydrogens is 684 g/mol. The number of para-hydroxylation sites is 2. The quantitative estimate of drug-likeness (QED) is 0.178. The number of oxazole rings is 1. The van der Waals surface area contributed by atoms with Crippen LogP contribution in [0.2, 0.25) is 0 Å². The number of benzene rings is 7. The van der Waals surface area contributed by atoms with E-state index in [2.05, 4.69) is 64.1 Å². The molecule has 0 bridgehead atoms. The van der Waals surface area contributed by atoms with Crippen LogP contribution in [0.5, 0.6) is 0 Å². The van der Waals surface area contributed by atoms with Gasteiger partial charge in [0.1, 0.15) is 5.52 Å². The highest BCUT2D eigenvalue weighted by atomic mass is 19.4. The van der Waals surface area contributed by atoms with Crippen molar-refractivity contribution in [2.45, 2.75) is 6.18 Å². The summed E-state index contributed by atoms with van der Waals surface area (Å²) in [5, 5.41) is 4.22. The first-order valence-corrected chi connectivity index (χ1v) is 17.3. The van der Waals surface area contributed by atoms with Gasteiger partial charge in [0.05, 0.1) is 16.6 Å². The molecule has 0 atom stereocenters. The smallest absolute Gasteiger partial charge is 0.416 e. The SMILES string of the molecule is FC(F)(F)c1ccc(-c2nc(-c3ccccc3)nc(-c3cccc(-c4nc5ccc6ccc7c(c8ccccc8n7-c7ccccc7)c6c5o4)c3)n2)cc1. The topological polar surface area (TPSA) is 69.6 Å². The van der Waals surface area contributed by atoms with Crippen LogP contribution in [0, 0.1) is 0 Å². The van der Waals surface area contributed by atoms with Crippen LogP contribution in [0.1, 0.15) is 5.56 Å². The lowest BCUT2D eigenvalue weighted by molar-refractivity contribution is -0.137. The molecular formula is C45H26F3N5O. The molecule has 0 saturated heterocycles. The number of halogens is 3. The summed E-state index contributed by atoms with van der Waals surface area (Å²) in [4.78, 5) is 19.2. The monoisotopic (exact) mass is 709 g/mol. The van der Waals surface area contributed by atoms with E-state index < -0.39 is 11.7 Å². The Balaban J connectivity index is 1.12. The molecule has 0 aliphatic heterocycles. The Morgan fingerprint density at radius 1 is 0.481 bits per heavy atom. The fourth-order valence-electron chi connectivity index (χ4n) is 7.18. The van der Waals surface area contributed by atoms with Crippen LogP contribution in [0.15, 0.2) is 162 Å². The highest BCUT2D eigenvalue weighted by molar-refractivity contribution is 6.26. The Bertz CT molecular complexity index is 3030. The Labute approximate surface area is 305 Å². The van der Waals surface area contributed by atoms with Gasteiger partial charge >= 0.3 is 6.18 Å². The van der Waals surface area contributed by atoms with Crippen LogP contribution in [-0.4, -0.2) is 24.5 Å². The summed E-state index contributed by atoms with van der Waals surface area (Å²) in [7, 11) is 0. The van der Waals surface area contributed by atoms with Crippen molar-refractivity contribution in [3.8, 4) is 51.3 Å². The lowest BCUT2D eigenvalue weighted by atomic mass is 10.0. The van der Waals surface area contributed by atoms with Crippen LogP contribution in [-0.2, 0) is 6.18 Å². The van der Waals surface area contributed by atoms with E-state index in [1.54, 1.807) is 0 Å². The molecule has 6 nitrogen and oxygen atoms in total. The van der Waals surface area contributed by atoms with Crippen LogP contribution in [0.25, 0.3) is 95.0 Å². The molecule has 10 rings (SSSR count). The van der Waals surface area contributed by atoms with E-state index in [9.17, 15) is 13.2 Å². The predicted octanol–water partition coefficient (Wildman–Crippen LogP) is 11.9. The van der Waals surface area contributed by atoms with E-state index >= 15 is 0 Å². The van der Waals surface area contributed by atoms with Crippen molar-refractivity contribution in [3.05, 3.63) is 163 Å².